The predicted molar refractivity (Wildman–Crippen MR) is 50.1 cm³/mol. The highest BCUT2D eigenvalue weighted by Crippen LogP contribution is 2.11. The van der Waals surface area contributed by atoms with Crippen LogP contribution in [-0.4, -0.2) is 10.8 Å². The van der Waals surface area contributed by atoms with Crippen molar-refractivity contribution < 1.29 is 0 Å². The van der Waals surface area contributed by atoms with Gasteiger partial charge in [-0.1, -0.05) is 6.08 Å². The van der Waals surface area contributed by atoms with Gasteiger partial charge in [-0.2, -0.15) is 0 Å². The van der Waals surface area contributed by atoms with Crippen LogP contribution in [0.4, 0.5) is 0 Å². The predicted octanol–water partition coefficient (Wildman–Crippen LogP) is 2.75. The number of halogens is 2. The molecule has 0 N–H and O–H groups in total. The summed E-state index contributed by atoms with van der Waals surface area (Å²) in [4.78, 5) is 3.95. The van der Waals surface area contributed by atoms with Crippen LogP contribution in [0.25, 0.3) is 0 Å². The fourth-order valence-electron chi connectivity index (χ4n) is 0.226. The second-order valence-corrected chi connectivity index (χ2v) is 3.03. The third-order valence-corrected chi connectivity index (χ3v) is 3.29. The summed E-state index contributed by atoms with van der Waals surface area (Å²) in [5.74, 6) is 0. The van der Waals surface area contributed by atoms with Crippen molar-refractivity contribution in [1.29, 1.82) is 0 Å². The maximum Gasteiger partial charge on any atom is 0.109 e. The first-order valence-electron chi connectivity index (χ1n) is 2.16. The van der Waals surface area contributed by atoms with E-state index in [0.717, 1.165) is 8.20 Å². The van der Waals surface area contributed by atoms with E-state index >= 15 is 0 Å². The molecule has 0 aliphatic heterocycles. The van der Waals surface area contributed by atoms with Crippen LogP contribution in [0.15, 0.2) is 15.6 Å². The normalized spacial score (nSPS) is 14.5. The molecular weight excluding hydrogens is 281 g/mol. The molecule has 0 aromatic rings. The molecule has 0 bridgehead atoms. The van der Waals surface area contributed by atoms with Crippen molar-refractivity contribution in [3.05, 3.63) is 10.6 Å². The average molecular weight is 288 g/mol. The smallest absolute Gasteiger partial charge is 0.109 e. The highest BCUT2D eigenvalue weighted by molar-refractivity contribution is 14.1. The van der Waals surface area contributed by atoms with Gasteiger partial charge in [0.15, 0.2) is 0 Å². The molecule has 0 aromatic carbocycles. The van der Waals surface area contributed by atoms with Crippen LogP contribution in [0.1, 0.15) is 6.92 Å². The van der Waals surface area contributed by atoms with Gasteiger partial charge in [0, 0.05) is 11.5 Å². The Labute approximate surface area is 71.5 Å². The van der Waals surface area contributed by atoms with Gasteiger partial charge in [-0.05, 0) is 45.4 Å². The van der Waals surface area contributed by atoms with Crippen LogP contribution in [0, 0.1) is 0 Å². The van der Waals surface area contributed by atoms with Crippen molar-refractivity contribution in [3.63, 3.8) is 0 Å². The first kappa shape index (κ1) is 8.62. The van der Waals surface area contributed by atoms with Crippen LogP contribution in [0.5, 0.6) is 0 Å². The molecule has 0 heterocycles. The minimum Gasteiger partial charge on any atom is -0.281 e. The fourth-order valence-corrected chi connectivity index (χ4v) is 0.715. The standard InChI is InChI=1S/C5H7BrIN/c1-3-4(6)5(7)8-2/h3H,1-2H3/b4-3+,8-5?. The quantitative estimate of drug-likeness (QED) is 0.519. The Morgan fingerprint density at radius 3 is 2.38 bits per heavy atom. The van der Waals surface area contributed by atoms with Crippen LogP contribution >= 0.6 is 38.5 Å². The number of aliphatic imine (C=N–C) groups is 1. The third-order valence-electron chi connectivity index (χ3n) is 0.647. The molecule has 0 atom stereocenters. The first-order chi connectivity index (χ1) is 3.72. The summed E-state index contributed by atoms with van der Waals surface area (Å²) in [5.41, 5.74) is 0. The van der Waals surface area contributed by atoms with Crippen LogP contribution in [0.2, 0.25) is 0 Å². The summed E-state index contributed by atoms with van der Waals surface area (Å²) in [6.07, 6.45) is 1.97. The topological polar surface area (TPSA) is 12.4 Å². The molecule has 8 heavy (non-hydrogen) atoms. The van der Waals surface area contributed by atoms with Gasteiger partial charge >= 0.3 is 0 Å². The minimum atomic E-state index is 1.00. The van der Waals surface area contributed by atoms with Crippen LogP contribution in [-0.2, 0) is 0 Å². The van der Waals surface area contributed by atoms with E-state index in [4.69, 9.17) is 0 Å². The Morgan fingerprint density at radius 1 is 1.75 bits per heavy atom. The maximum absolute atomic E-state index is 3.95. The summed E-state index contributed by atoms with van der Waals surface area (Å²) in [5, 5.41) is 0. The fraction of sp³-hybridized carbons (Fsp3) is 0.400. The monoisotopic (exact) mass is 287 g/mol. The molecule has 0 aromatic heterocycles. The summed E-state index contributed by atoms with van der Waals surface area (Å²) >= 11 is 5.49. The Kier molecular flexibility index (Phi) is 4.84. The third kappa shape index (κ3) is 2.81. The lowest BCUT2D eigenvalue weighted by Crippen LogP contribution is -1.81. The lowest BCUT2D eigenvalue weighted by molar-refractivity contribution is 1.47. The van der Waals surface area contributed by atoms with Gasteiger partial charge in [0.1, 0.15) is 3.72 Å². The summed E-state index contributed by atoms with van der Waals surface area (Å²) in [6, 6.07) is 0. The lowest BCUT2D eigenvalue weighted by Gasteiger charge is -1.89. The molecule has 0 saturated carbocycles. The van der Waals surface area contributed by atoms with Crippen molar-refractivity contribution in [2.75, 3.05) is 7.05 Å². The molecule has 0 saturated heterocycles. The van der Waals surface area contributed by atoms with Crippen molar-refractivity contribution >= 4 is 42.2 Å². The zero-order chi connectivity index (χ0) is 6.57. The van der Waals surface area contributed by atoms with Crippen molar-refractivity contribution in [2.45, 2.75) is 6.92 Å². The minimum absolute atomic E-state index is 1.00. The molecular formula is C5H7BrIN. The zero-order valence-corrected chi connectivity index (χ0v) is 8.52. The number of hydrogen-bond donors (Lipinski definition) is 0. The van der Waals surface area contributed by atoms with Gasteiger partial charge in [0.05, 0.1) is 0 Å². The van der Waals surface area contributed by atoms with E-state index in [1.807, 2.05) is 13.0 Å². The van der Waals surface area contributed by atoms with Crippen molar-refractivity contribution in [1.82, 2.24) is 0 Å². The molecule has 1 nitrogen and oxygen atoms in total. The summed E-state index contributed by atoms with van der Waals surface area (Å²) < 4.78 is 2.06. The molecule has 0 spiro atoms. The second kappa shape index (κ2) is 4.49. The first-order valence-corrected chi connectivity index (χ1v) is 4.04. The van der Waals surface area contributed by atoms with Crippen LogP contribution in [0.3, 0.4) is 0 Å². The van der Waals surface area contributed by atoms with E-state index in [0.29, 0.717) is 0 Å². The number of nitrogens with zero attached hydrogens (tertiary/aromatic N) is 1. The van der Waals surface area contributed by atoms with Crippen molar-refractivity contribution in [2.24, 2.45) is 4.99 Å². The lowest BCUT2D eigenvalue weighted by atomic mass is 10.6. The molecule has 0 amide bonds. The van der Waals surface area contributed by atoms with Gasteiger partial charge in [-0.3, -0.25) is 4.99 Å². The highest BCUT2D eigenvalue weighted by Gasteiger charge is 1.91. The van der Waals surface area contributed by atoms with Gasteiger partial charge in [0.2, 0.25) is 0 Å². The highest BCUT2D eigenvalue weighted by atomic mass is 127. The number of allylic oxidation sites excluding steroid dienone is 2. The summed E-state index contributed by atoms with van der Waals surface area (Å²) in [6.45, 7) is 1.97. The Balaban J connectivity index is 4.04. The number of rotatable bonds is 1. The SMILES string of the molecule is C/C=C(/Br)C(I)=NC. The Bertz CT molecular complexity index is 112. The average Bonchev–Trinajstić information content (AvgIpc) is 1.84. The maximum atomic E-state index is 3.95. The van der Waals surface area contributed by atoms with Gasteiger partial charge in [-0.15, -0.1) is 0 Å². The molecule has 46 valence electrons. The molecule has 0 rings (SSSR count). The second-order valence-electron chi connectivity index (χ2n) is 1.15. The Hall–Kier alpha value is 0.620. The van der Waals surface area contributed by atoms with E-state index < -0.39 is 0 Å². The summed E-state index contributed by atoms with van der Waals surface area (Å²) in [7, 11) is 1.77. The zero-order valence-electron chi connectivity index (χ0n) is 4.78. The molecule has 0 aliphatic rings. The molecule has 0 fully saturated rings. The van der Waals surface area contributed by atoms with E-state index in [1.165, 1.54) is 0 Å². The van der Waals surface area contributed by atoms with E-state index in [-0.39, 0.29) is 0 Å². The van der Waals surface area contributed by atoms with E-state index in [1.54, 1.807) is 7.05 Å². The number of hydrogen-bond acceptors (Lipinski definition) is 1. The van der Waals surface area contributed by atoms with Gasteiger partial charge < -0.3 is 0 Å². The molecule has 0 aliphatic carbocycles. The van der Waals surface area contributed by atoms with Gasteiger partial charge in [-0.25, -0.2) is 0 Å². The van der Waals surface area contributed by atoms with Gasteiger partial charge in [0.25, 0.3) is 0 Å². The Morgan fingerprint density at radius 2 is 2.25 bits per heavy atom. The van der Waals surface area contributed by atoms with Crippen LogP contribution < -0.4 is 0 Å². The molecule has 0 unspecified atom stereocenters. The van der Waals surface area contributed by atoms with Crippen molar-refractivity contribution in [3.8, 4) is 0 Å². The largest absolute Gasteiger partial charge is 0.281 e. The van der Waals surface area contributed by atoms with E-state index in [2.05, 4.69) is 43.5 Å². The van der Waals surface area contributed by atoms with E-state index in [9.17, 15) is 0 Å². The molecule has 3 heteroatoms. The molecule has 0 radical (unpaired) electrons.